The largest absolute Gasteiger partial charge is 0.343 e. The van der Waals surface area contributed by atoms with Crippen molar-refractivity contribution in [1.29, 1.82) is 0 Å². The van der Waals surface area contributed by atoms with Gasteiger partial charge in [0, 0.05) is 34.3 Å². The van der Waals surface area contributed by atoms with Crippen LogP contribution in [-0.2, 0) is 9.59 Å². The van der Waals surface area contributed by atoms with Crippen LogP contribution >= 0.6 is 23.2 Å². The van der Waals surface area contributed by atoms with Crippen molar-refractivity contribution in [3.63, 3.8) is 0 Å². The third kappa shape index (κ3) is 10.1. The first-order valence-electron chi connectivity index (χ1n) is 16.2. The van der Waals surface area contributed by atoms with E-state index in [0.29, 0.717) is 10.0 Å². The van der Waals surface area contributed by atoms with Crippen LogP contribution in [0.2, 0.25) is 10.0 Å². The molecule has 47 heavy (non-hydrogen) atoms. The number of pyridine rings is 2. The maximum atomic E-state index is 12.7. The number of aromatic nitrogens is 2. The highest BCUT2D eigenvalue weighted by Crippen LogP contribution is 2.26. The van der Waals surface area contributed by atoms with Gasteiger partial charge in [0.25, 0.3) is 0 Å². The van der Waals surface area contributed by atoms with E-state index in [9.17, 15) is 9.59 Å². The third-order valence-corrected chi connectivity index (χ3v) is 9.25. The highest BCUT2D eigenvalue weighted by molar-refractivity contribution is 6.30. The van der Waals surface area contributed by atoms with Crippen LogP contribution in [0.4, 0.5) is 0 Å². The lowest BCUT2D eigenvalue weighted by atomic mass is 9.94. The Morgan fingerprint density at radius 1 is 0.681 bits per heavy atom. The van der Waals surface area contributed by atoms with E-state index < -0.39 is 0 Å². The van der Waals surface area contributed by atoms with Gasteiger partial charge in [-0.15, -0.1) is 0 Å². The topological polar surface area (TPSA) is 99.2 Å². The molecule has 4 heterocycles. The van der Waals surface area contributed by atoms with E-state index in [4.69, 9.17) is 23.2 Å². The van der Waals surface area contributed by atoms with E-state index in [2.05, 4.69) is 37.9 Å². The van der Waals surface area contributed by atoms with Gasteiger partial charge >= 0.3 is 0 Å². The fourth-order valence-electron chi connectivity index (χ4n) is 5.94. The zero-order valence-corrected chi connectivity index (χ0v) is 28.1. The Kier molecular flexibility index (Phi) is 12.8. The molecular formula is C37H42Cl2N6O2. The van der Waals surface area contributed by atoms with E-state index in [1.54, 1.807) is 12.4 Å². The van der Waals surface area contributed by atoms with Crippen molar-refractivity contribution in [1.82, 2.24) is 30.8 Å². The minimum Gasteiger partial charge on any atom is -0.343 e. The molecule has 0 radical (unpaired) electrons. The van der Waals surface area contributed by atoms with Crippen LogP contribution in [-0.4, -0.2) is 59.9 Å². The molecule has 0 bridgehead atoms. The maximum Gasteiger partial charge on any atom is 0.224 e. The fraction of sp³-hybridized carbons (Fsp3) is 0.351. The number of halogens is 2. The first-order chi connectivity index (χ1) is 22.9. The van der Waals surface area contributed by atoms with Gasteiger partial charge in [-0.05, 0) is 119 Å². The quantitative estimate of drug-likeness (QED) is 0.206. The molecule has 2 aliphatic heterocycles. The second-order valence-corrected chi connectivity index (χ2v) is 13.0. The SMILES string of the molecule is CN1CCC(C(=O)NC(c2ccc(Cl)cc2)c2ccccn2)CC1.O=C(NC(c1ccc(Cl)cc1)c1ccccn1)C1CCNCC1. The summed E-state index contributed by atoms with van der Waals surface area (Å²) in [5.74, 6) is 0.334. The summed E-state index contributed by atoms with van der Waals surface area (Å²) in [6.45, 7) is 3.72. The highest BCUT2D eigenvalue weighted by atomic mass is 35.5. The maximum absolute atomic E-state index is 12.7. The number of nitrogens with one attached hydrogen (secondary N) is 3. The average molecular weight is 674 g/mol. The van der Waals surface area contributed by atoms with E-state index in [-0.39, 0.29) is 35.7 Å². The summed E-state index contributed by atoms with van der Waals surface area (Å²) in [5.41, 5.74) is 3.63. The molecule has 10 heteroatoms. The van der Waals surface area contributed by atoms with E-state index in [1.165, 1.54) is 0 Å². The Labute approximate surface area is 287 Å². The number of hydrogen-bond acceptors (Lipinski definition) is 6. The predicted octanol–water partition coefficient (Wildman–Crippen LogP) is 6.22. The molecule has 2 aromatic carbocycles. The molecule has 2 aromatic heterocycles. The van der Waals surface area contributed by atoms with E-state index >= 15 is 0 Å². The molecule has 2 amide bonds. The van der Waals surface area contributed by atoms with E-state index in [0.717, 1.165) is 74.4 Å². The number of hydrogen-bond donors (Lipinski definition) is 3. The number of likely N-dealkylation sites (tertiary alicyclic amines) is 1. The number of nitrogens with zero attached hydrogens (tertiary/aromatic N) is 3. The van der Waals surface area contributed by atoms with Gasteiger partial charge in [-0.2, -0.15) is 0 Å². The number of piperidine rings is 2. The van der Waals surface area contributed by atoms with Crippen LogP contribution in [0.3, 0.4) is 0 Å². The number of amides is 2. The van der Waals surface area contributed by atoms with Gasteiger partial charge in [-0.3, -0.25) is 19.6 Å². The smallest absolute Gasteiger partial charge is 0.224 e. The van der Waals surface area contributed by atoms with Gasteiger partial charge in [0.05, 0.1) is 23.5 Å². The van der Waals surface area contributed by atoms with Crippen molar-refractivity contribution < 1.29 is 9.59 Å². The molecule has 2 aliphatic rings. The summed E-state index contributed by atoms with van der Waals surface area (Å²) in [7, 11) is 2.10. The Balaban J connectivity index is 0.000000185. The zero-order chi connectivity index (χ0) is 33.0. The lowest BCUT2D eigenvalue weighted by molar-refractivity contribution is -0.127. The number of carbonyl (C=O) groups is 2. The fourth-order valence-corrected chi connectivity index (χ4v) is 6.19. The third-order valence-electron chi connectivity index (χ3n) is 8.75. The summed E-state index contributed by atoms with van der Waals surface area (Å²) in [6, 6.07) is 26.1. The van der Waals surface area contributed by atoms with Gasteiger partial charge in [-0.1, -0.05) is 59.6 Å². The molecule has 3 N–H and O–H groups in total. The molecule has 0 aliphatic carbocycles. The highest BCUT2D eigenvalue weighted by Gasteiger charge is 2.27. The molecule has 246 valence electrons. The molecule has 6 rings (SSSR count). The molecule has 0 saturated carbocycles. The summed E-state index contributed by atoms with van der Waals surface area (Å²) in [6.07, 6.45) is 7.05. The predicted molar refractivity (Wildman–Crippen MR) is 187 cm³/mol. The van der Waals surface area contributed by atoms with Gasteiger partial charge in [0.1, 0.15) is 0 Å². The summed E-state index contributed by atoms with van der Waals surface area (Å²) >= 11 is 12.0. The van der Waals surface area contributed by atoms with Gasteiger partial charge < -0.3 is 20.9 Å². The summed E-state index contributed by atoms with van der Waals surface area (Å²) < 4.78 is 0. The minimum absolute atomic E-state index is 0.0646. The number of rotatable bonds is 8. The summed E-state index contributed by atoms with van der Waals surface area (Å²) in [4.78, 5) is 36.5. The molecular weight excluding hydrogens is 631 g/mol. The zero-order valence-electron chi connectivity index (χ0n) is 26.6. The van der Waals surface area contributed by atoms with Crippen molar-refractivity contribution in [2.45, 2.75) is 37.8 Å². The van der Waals surface area contributed by atoms with Crippen LogP contribution in [0.5, 0.6) is 0 Å². The van der Waals surface area contributed by atoms with Crippen molar-refractivity contribution >= 4 is 35.0 Å². The number of carbonyl (C=O) groups excluding carboxylic acids is 2. The van der Waals surface area contributed by atoms with Gasteiger partial charge in [-0.25, -0.2) is 0 Å². The minimum atomic E-state index is -0.254. The van der Waals surface area contributed by atoms with Crippen molar-refractivity contribution in [2.75, 3.05) is 33.2 Å². The first-order valence-corrected chi connectivity index (χ1v) is 17.0. The molecule has 2 saturated heterocycles. The average Bonchev–Trinajstić information content (AvgIpc) is 3.12. The Bertz CT molecular complexity index is 1540. The normalized spacial score (nSPS) is 17.1. The van der Waals surface area contributed by atoms with Gasteiger partial charge in [0.15, 0.2) is 0 Å². The van der Waals surface area contributed by atoms with E-state index in [1.807, 2.05) is 84.9 Å². The van der Waals surface area contributed by atoms with Crippen LogP contribution in [0, 0.1) is 11.8 Å². The lowest BCUT2D eigenvalue weighted by Crippen LogP contribution is -2.40. The Hall–Kier alpha value is -3.82. The van der Waals surface area contributed by atoms with Crippen LogP contribution in [0.15, 0.2) is 97.3 Å². The van der Waals surface area contributed by atoms with Gasteiger partial charge in [0.2, 0.25) is 11.8 Å². The van der Waals surface area contributed by atoms with Crippen molar-refractivity contribution in [3.8, 4) is 0 Å². The lowest BCUT2D eigenvalue weighted by Gasteiger charge is -2.29. The number of benzene rings is 2. The Morgan fingerprint density at radius 2 is 1.11 bits per heavy atom. The van der Waals surface area contributed by atoms with Crippen LogP contribution in [0.1, 0.15) is 60.3 Å². The first kappa shape index (κ1) is 34.5. The molecule has 8 nitrogen and oxygen atoms in total. The standard InChI is InChI=1S/C19H22ClN3O.C18H20ClN3O/c1-23-12-9-15(10-13-23)19(24)22-18(17-4-2-3-11-21-17)14-5-7-16(20)8-6-14;19-15-6-4-13(5-7-15)17(16-3-1-2-10-21-16)22-18(23)14-8-11-20-12-9-14/h2-8,11,15,18H,9-10,12-13H2,1H3,(H,22,24);1-7,10,14,17,20H,8-9,11-12H2,(H,22,23). The van der Waals surface area contributed by atoms with Crippen molar-refractivity contribution in [3.05, 3.63) is 130 Å². The Morgan fingerprint density at radius 3 is 1.51 bits per heavy atom. The second-order valence-electron chi connectivity index (χ2n) is 12.1. The van der Waals surface area contributed by atoms with Crippen LogP contribution < -0.4 is 16.0 Å². The molecule has 2 atom stereocenters. The molecule has 2 unspecified atom stereocenters. The molecule has 4 aromatic rings. The van der Waals surface area contributed by atoms with Crippen molar-refractivity contribution in [2.24, 2.45) is 11.8 Å². The summed E-state index contributed by atoms with van der Waals surface area (Å²) in [5, 5.41) is 11.0. The van der Waals surface area contributed by atoms with Crippen LogP contribution in [0.25, 0.3) is 0 Å². The second kappa shape index (κ2) is 17.4. The molecule has 2 fully saturated rings. The monoisotopic (exact) mass is 672 g/mol. The molecule has 0 spiro atoms.